The van der Waals surface area contributed by atoms with E-state index >= 15 is 0 Å². The van der Waals surface area contributed by atoms with E-state index < -0.39 is 0 Å². The van der Waals surface area contributed by atoms with Gasteiger partial charge in [-0.15, -0.1) is 4.94 Å². The summed E-state index contributed by atoms with van der Waals surface area (Å²) in [6.07, 6.45) is 9.87. The summed E-state index contributed by atoms with van der Waals surface area (Å²) in [6, 6.07) is 0. The second-order valence-electron chi connectivity index (χ2n) is 4.16. The van der Waals surface area contributed by atoms with Crippen LogP contribution in [0.25, 0.3) is 0 Å². The van der Waals surface area contributed by atoms with E-state index in [4.69, 9.17) is 4.94 Å². The molecule has 0 radical (unpaired) electrons. The van der Waals surface area contributed by atoms with Gasteiger partial charge in [0.05, 0.1) is 17.4 Å². The monoisotopic (exact) mass is 178 g/mol. The van der Waals surface area contributed by atoms with E-state index in [0.29, 0.717) is 0 Å². The predicted octanol–water partition coefficient (Wildman–Crippen LogP) is 2.17. The lowest BCUT2D eigenvalue weighted by Gasteiger charge is -2.30. The molecule has 2 aliphatic rings. The third-order valence-corrected chi connectivity index (χ3v) is 1.94. The summed E-state index contributed by atoms with van der Waals surface area (Å²) in [4.78, 5) is 5.57. The highest BCUT2D eigenvalue weighted by molar-refractivity contribution is 5.27. The molecule has 2 rings (SSSR count). The van der Waals surface area contributed by atoms with Crippen LogP contribution >= 0.6 is 0 Å². The topological polar surface area (TPSA) is 15.7 Å². The molecular weight excluding hydrogens is 164 g/mol. The third-order valence-electron chi connectivity index (χ3n) is 1.94. The van der Waals surface area contributed by atoms with Gasteiger partial charge in [0.25, 0.3) is 0 Å². The first-order valence-electron chi connectivity index (χ1n) is 4.41. The Hall–Kier alpha value is -1.22. The highest BCUT2D eigenvalue weighted by Gasteiger charge is 2.28. The van der Waals surface area contributed by atoms with Crippen molar-refractivity contribution in [3.05, 3.63) is 36.3 Å². The minimum atomic E-state index is -0.00792. The number of hydroxylamine groups is 4. The Morgan fingerprint density at radius 2 is 2.00 bits per heavy atom. The van der Waals surface area contributed by atoms with Crippen molar-refractivity contribution in [2.45, 2.75) is 26.3 Å². The van der Waals surface area contributed by atoms with Crippen molar-refractivity contribution >= 4 is 0 Å². The first kappa shape index (κ1) is 8.38. The lowest BCUT2D eigenvalue weighted by molar-refractivity contribution is -0.271. The fourth-order valence-corrected chi connectivity index (χ4v) is 1.17. The molecule has 13 heavy (non-hydrogen) atoms. The average Bonchev–Trinajstić information content (AvgIpc) is 2.45. The molecule has 0 amide bonds. The molecule has 2 aliphatic heterocycles. The van der Waals surface area contributed by atoms with Crippen LogP contribution in [0.1, 0.15) is 20.8 Å². The van der Waals surface area contributed by atoms with Crippen molar-refractivity contribution in [2.24, 2.45) is 0 Å². The van der Waals surface area contributed by atoms with Crippen LogP contribution in [0, 0.1) is 0 Å². The van der Waals surface area contributed by atoms with Crippen LogP contribution in [0.15, 0.2) is 36.3 Å². The minimum absolute atomic E-state index is 0.00792. The minimum Gasteiger partial charge on any atom is -0.229 e. The Kier molecular flexibility index (Phi) is 1.70. The number of fused-ring (bicyclic) bond motifs is 1. The van der Waals surface area contributed by atoms with Gasteiger partial charge in [0.15, 0.2) is 0 Å². The van der Waals surface area contributed by atoms with E-state index in [-0.39, 0.29) is 5.54 Å². The predicted molar refractivity (Wildman–Crippen MR) is 50.9 cm³/mol. The first-order chi connectivity index (χ1) is 6.07. The van der Waals surface area contributed by atoms with E-state index in [9.17, 15) is 0 Å². The van der Waals surface area contributed by atoms with Gasteiger partial charge in [0.2, 0.25) is 0 Å². The highest BCUT2D eigenvalue weighted by Crippen LogP contribution is 2.27. The molecule has 0 aromatic rings. The molecule has 3 nitrogen and oxygen atoms in total. The molecule has 0 N–H and O–H groups in total. The Balaban J connectivity index is 2.21. The van der Waals surface area contributed by atoms with Crippen LogP contribution in [0.2, 0.25) is 0 Å². The molecule has 0 aromatic heterocycles. The molecular formula is C10H14N2O. The summed E-state index contributed by atoms with van der Waals surface area (Å²) >= 11 is 0. The zero-order chi connectivity index (χ0) is 9.47. The molecule has 0 saturated heterocycles. The summed E-state index contributed by atoms with van der Waals surface area (Å²) < 4.78 is 0. The van der Waals surface area contributed by atoms with Crippen molar-refractivity contribution in [1.82, 2.24) is 10.1 Å². The van der Waals surface area contributed by atoms with Gasteiger partial charge in [0.1, 0.15) is 0 Å². The van der Waals surface area contributed by atoms with E-state index in [1.165, 1.54) is 0 Å². The number of rotatable bonds is 0. The Morgan fingerprint density at radius 1 is 1.23 bits per heavy atom. The Bertz CT molecular complexity index is 297. The number of hydrogen-bond acceptors (Lipinski definition) is 3. The second-order valence-corrected chi connectivity index (χ2v) is 4.16. The smallest absolute Gasteiger partial charge is 0.0897 e. The molecule has 0 fully saturated rings. The molecule has 2 heterocycles. The number of hydrogen-bond donors (Lipinski definition) is 0. The van der Waals surface area contributed by atoms with E-state index in [0.717, 1.165) is 5.70 Å². The summed E-state index contributed by atoms with van der Waals surface area (Å²) in [5.74, 6) is 0. The van der Waals surface area contributed by atoms with Gasteiger partial charge in [-0.05, 0) is 32.9 Å². The first-order valence-corrected chi connectivity index (χ1v) is 4.41. The molecule has 0 bridgehead atoms. The van der Waals surface area contributed by atoms with Crippen molar-refractivity contribution in [3.8, 4) is 0 Å². The summed E-state index contributed by atoms with van der Waals surface area (Å²) in [5.41, 5.74) is 1.06. The normalized spacial score (nSPS) is 20.7. The average molecular weight is 178 g/mol. The summed E-state index contributed by atoms with van der Waals surface area (Å²) in [6.45, 7) is 6.32. The van der Waals surface area contributed by atoms with Crippen molar-refractivity contribution in [2.75, 3.05) is 0 Å². The zero-order valence-corrected chi connectivity index (χ0v) is 8.19. The van der Waals surface area contributed by atoms with E-state index in [1.807, 2.05) is 35.7 Å². The fourth-order valence-electron chi connectivity index (χ4n) is 1.17. The largest absolute Gasteiger partial charge is 0.229 e. The lowest BCUT2D eigenvalue weighted by atomic mass is 10.1. The Morgan fingerprint density at radius 3 is 2.62 bits per heavy atom. The summed E-state index contributed by atoms with van der Waals surface area (Å²) in [5, 5.41) is 3.60. The van der Waals surface area contributed by atoms with Gasteiger partial charge in [-0.2, -0.15) is 0 Å². The quantitative estimate of drug-likeness (QED) is 0.565. The molecule has 70 valence electrons. The molecule has 0 aromatic carbocycles. The molecule has 3 heteroatoms. The highest BCUT2D eigenvalue weighted by atomic mass is 16.8. The lowest BCUT2D eigenvalue weighted by Crippen LogP contribution is -2.36. The van der Waals surface area contributed by atoms with Crippen molar-refractivity contribution in [1.29, 1.82) is 0 Å². The van der Waals surface area contributed by atoms with Crippen LogP contribution in [-0.2, 0) is 4.94 Å². The summed E-state index contributed by atoms with van der Waals surface area (Å²) in [7, 11) is 0. The molecule has 0 unspecified atom stereocenters. The molecule has 0 saturated carbocycles. The van der Waals surface area contributed by atoms with E-state index in [1.54, 1.807) is 5.06 Å². The van der Waals surface area contributed by atoms with Crippen LogP contribution in [-0.4, -0.2) is 15.7 Å². The van der Waals surface area contributed by atoms with E-state index in [2.05, 4.69) is 20.8 Å². The van der Waals surface area contributed by atoms with Crippen LogP contribution in [0.3, 0.4) is 0 Å². The second kappa shape index (κ2) is 2.64. The zero-order valence-electron chi connectivity index (χ0n) is 8.19. The number of nitrogens with zero attached hydrogens (tertiary/aromatic N) is 2. The fraction of sp³-hybridized carbons (Fsp3) is 0.400. The molecule has 0 spiro atoms. The maximum Gasteiger partial charge on any atom is 0.0897 e. The van der Waals surface area contributed by atoms with Crippen molar-refractivity contribution < 1.29 is 4.94 Å². The molecule has 0 aliphatic carbocycles. The van der Waals surface area contributed by atoms with Gasteiger partial charge in [-0.3, -0.25) is 0 Å². The third kappa shape index (κ3) is 1.47. The van der Waals surface area contributed by atoms with Gasteiger partial charge in [-0.25, -0.2) is 10.1 Å². The van der Waals surface area contributed by atoms with Crippen LogP contribution in [0.5, 0.6) is 0 Å². The van der Waals surface area contributed by atoms with Gasteiger partial charge >= 0.3 is 0 Å². The Labute approximate surface area is 78.5 Å². The van der Waals surface area contributed by atoms with Crippen molar-refractivity contribution in [3.63, 3.8) is 0 Å². The van der Waals surface area contributed by atoms with Gasteiger partial charge < -0.3 is 0 Å². The van der Waals surface area contributed by atoms with Gasteiger partial charge in [0, 0.05) is 6.20 Å². The molecule has 0 atom stereocenters. The van der Waals surface area contributed by atoms with Crippen LogP contribution in [0.4, 0.5) is 0 Å². The van der Waals surface area contributed by atoms with Gasteiger partial charge in [-0.1, -0.05) is 6.08 Å². The number of allylic oxidation sites excluding steroid dienone is 3. The SMILES string of the molecule is CC(C)(C)N1C=C2C=CC=CN2O1. The maximum absolute atomic E-state index is 5.57. The maximum atomic E-state index is 5.57. The van der Waals surface area contributed by atoms with Crippen LogP contribution < -0.4 is 0 Å². The standard InChI is InChI=1S/C10H14N2O/c1-10(2,3)12-8-9-6-4-5-7-11(9)13-12/h4-8H,1-3H3.